The number of benzene rings is 1. The smallest absolute Gasteiger partial charge is 0.0763 e. The Morgan fingerprint density at radius 2 is 1.95 bits per heavy atom. The van der Waals surface area contributed by atoms with Crippen LogP contribution in [0.25, 0.3) is 0 Å². The monoisotopic (exact) mass is 287 g/mol. The highest BCUT2D eigenvalue weighted by molar-refractivity contribution is 5.43. The van der Waals surface area contributed by atoms with Gasteiger partial charge in [-0.15, -0.1) is 0 Å². The number of rotatable bonds is 2. The summed E-state index contributed by atoms with van der Waals surface area (Å²) in [6.07, 6.45) is 4.96. The molecule has 2 aliphatic carbocycles. The number of aliphatic hydroxyl groups is 1. The van der Waals surface area contributed by atoms with E-state index in [2.05, 4.69) is 45.0 Å². The van der Waals surface area contributed by atoms with Crippen molar-refractivity contribution in [3.63, 3.8) is 0 Å². The molecule has 0 saturated heterocycles. The predicted octanol–water partition coefficient (Wildman–Crippen LogP) is 3.41. The molecule has 1 fully saturated rings. The minimum Gasteiger partial charge on any atom is -0.389 e. The first-order chi connectivity index (χ1) is 9.82. The molecule has 0 heterocycles. The van der Waals surface area contributed by atoms with Crippen LogP contribution in [0.1, 0.15) is 57.6 Å². The van der Waals surface area contributed by atoms with E-state index in [-0.39, 0.29) is 10.8 Å². The lowest BCUT2D eigenvalue weighted by Gasteiger charge is -2.53. The summed E-state index contributed by atoms with van der Waals surface area (Å²) in [5, 5.41) is 11.7. The highest BCUT2D eigenvalue weighted by Crippen LogP contribution is 2.55. The largest absolute Gasteiger partial charge is 0.389 e. The van der Waals surface area contributed by atoms with Crippen molar-refractivity contribution in [1.29, 1.82) is 0 Å². The third kappa shape index (κ3) is 2.24. The van der Waals surface area contributed by atoms with Gasteiger partial charge in [0.15, 0.2) is 0 Å². The van der Waals surface area contributed by atoms with Crippen LogP contribution in [-0.2, 0) is 11.8 Å². The second-order valence-electron chi connectivity index (χ2n) is 8.33. The summed E-state index contributed by atoms with van der Waals surface area (Å²) in [6.45, 7) is 7.40. The van der Waals surface area contributed by atoms with Crippen LogP contribution in [0.5, 0.6) is 0 Å². The van der Waals surface area contributed by atoms with E-state index >= 15 is 0 Å². The topological polar surface area (TPSA) is 46.2 Å². The molecular weight excluding hydrogens is 258 g/mol. The molecular formula is C19H29NO. The van der Waals surface area contributed by atoms with E-state index in [4.69, 9.17) is 5.73 Å². The highest BCUT2D eigenvalue weighted by atomic mass is 16.3. The van der Waals surface area contributed by atoms with E-state index < -0.39 is 5.60 Å². The summed E-state index contributed by atoms with van der Waals surface area (Å²) < 4.78 is 0. The lowest BCUT2D eigenvalue weighted by atomic mass is 9.55. The van der Waals surface area contributed by atoms with Gasteiger partial charge in [-0.3, -0.25) is 0 Å². The second kappa shape index (κ2) is 4.82. The van der Waals surface area contributed by atoms with Crippen LogP contribution in [0.4, 0.5) is 0 Å². The van der Waals surface area contributed by atoms with E-state index in [1.807, 2.05) is 0 Å². The van der Waals surface area contributed by atoms with Crippen molar-refractivity contribution in [2.75, 3.05) is 6.54 Å². The molecule has 1 aromatic carbocycles. The Hall–Kier alpha value is -0.860. The minimum absolute atomic E-state index is 0.187. The van der Waals surface area contributed by atoms with E-state index in [0.29, 0.717) is 12.5 Å². The molecule has 21 heavy (non-hydrogen) atoms. The summed E-state index contributed by atoms with van der Waals surface area (Å²) in [7, 11) is 0. The minimum atomic E-state index is -0.671. The Balaban J connectivity index is 2.08. The molecule has 2 aliphatic rings. The van der Waals surface area contributed by atoms with Gasteiger partial charge in [0.25, 0.3) is 0 Å². The zero-order chi connectivity index (χ0) is 15.3. The maximum Gasteiger partial charge on any atom is 0.0763 e. The number of nitrogens with two attached hydrogens (primary N) is 1. The van der Waals surface area contributed by atoms with Gasteiger partial charge >= 0.3 is 0 Å². The maximum atomic E-state index is 11.7. The molecule has 3 atom stereocenters. The fourth-order valence-electron chi connectivity index (χ4n) is 5.47. The summed E-state index contributed by atoms with van der Waals surface area (Å²) >= 11 is 0. The molecule has 0 radical (unpaired) electrons. The molecule has 2 heteroatoms. The summed E-state index contributed by atoms with van der Waals surface area (Å²) in [5.74, 6) is 0.551. The van der Waals surface area contributed by atoms with Crippen LogP contribution in [0.3, 0.4) is 0 Å². The zero-order valence-electron chi connectivity index (χ0n) is 13.7. The van der Waals surface area contributed by atoms with E-state index in [9.17, 15) is 5.11 Å². The van der Waals surface area contributed by atoms with Crippen molar-refractivity contribution in [3.05, 3.63) is 35.4 Å². The molecule has 0 bridgehead atoms. The third-order valence-electron chi connectivity index (χ3n) is 5.95. The Bertz CT molecular complexity index is 538. The van der Waals surface area contributed by atoms with E-state index in [1.54, 1.807) is 0 Å². The SMILES string of the molecule is CC1CC(C)(C)CC(O)(C2(CN)CCc3ccccc32)C1. The van der Waals surface area contributed by atoms with Gasteiger partial charge < -0.3 is 10.8 Å². The lowest BCUT2D eigenvalue weighted by Crippen LogP contribution is -2.59. The molecule has 1 aromatic rings. The third-order valence-corrected chi connectivity index (χ3v) is 5.95. The van der Waals surface area contributed by atoms with Crippen molar-refractivity contribution in [3.8, 4) is 0 Å². The lowest BCUT2D eigenvalue weighted by molar-refractivity contribution is -0.112. The fourth-order valence-corrected chi connectivity index (χ4v) is 5.47. The first kappa shape index (κ1) is 15.1. The molecule has 1 saturated carbocycles. The van der Waals surface area contributed by atoms with Crippen molar-refractivity contribution in [2.24, 2.45) is 17.1 Å². The van der Waals surface area contributed by atoms with Crippen LogP contribution in [0.2, 0.25) is 0 Å². The molecule has 3 unspecified atom stereocenters. The zero-order valence-corrected chi connectivity index (χ0v) is 13.7. The number of aryl methyl sites for hydroxylation is 1. The second-order valence-corrected chi connectivity index (χ2v) is 8.33. The van der Waals surface area contributed by atoms with Crippen molar-refractivity contribution < 1.29 is 5.11 Å². The van der Waals surface area contributed by atoms with E-state index in [0.717, 1.165) is 25.7 Å². The average Bonchev–Trinajstić information content (AvgIpc) is 2.76. The summed E-state index contributed by atoms with van der Waals surface area (Å²) in [4.78, 5) is 0. The quantitative estimate of drug-likeness (QED) is 0.875. The molecule has 3 rings (SSSR count). The Labute approximate surface area is 128 Å². The standard InChI is InChI=1S/C19H29NO/c1-14-10-17(2,3)12-19(21,11-14)18(13-20)9-8-15-6-4-5-7-16(15)18/h4-7,14,21H,8-13,20H2,1-3H3. The van der Waals surface area contributed by atoms with Gasteiger partial charge in [0, 0.05) is 12.0 Å². The Kier molecular flexibility index (Phi) is 3.46. The molecule has 116 valence electrons. The Morgan fingerprint density at radius 1 is 1.24 bits per heavy atom. The van der Waals surface area contributed by atoms with Gasteiger partial charge in [0.05, 0.1) is 5.60 Å². The summed E-state index contributed by atoms with van der Waals surface area (Å²) in [5.41, 5.74) is 8.22. The maximum absolute atomic E-state index is 11.7. The number of hydrogen-bond donors (Lipinski definition) is 2. The van der Waals surface area contributed by atoms with Crippen molar-refractivity contribution >= 4 is 0 Å². The molecule has 3 N–H and O–H groups in total. The van der Waals surface area contributed by atoms with Crippen molar-refractivity contribution in [2.45, 2.75) is 63.9 Å². The summed E-state index contributed by atoms with van der Waals surface area (Å²) in [6, 6.07) is 8.59. The molecule has 0 aromatic heterocycles. The van der Waals surface area contributed by atoms with Gasteiger partial charge in [0.2, 0.25) is 0 Å². The normalized spacial score (nSPS) is 38.2. The number of fused-ring (bicyclic) bond motifs is 1. The molecule has 2 nitrogen and oxygen atoms in total. The predicted molar refractivity (Wildman–Crippen MR) is 87.2 cm³/mol. The average molecular weight is 287 g/mol. The van der Waals surface area contributed by atoms with Crippen LogP contribution in [0, 0.1) is 11.3 Å². The fraction of sp³-hybridized carbons (Fsp3) is 0.684. The van der Waals surface area contributed by atoms with Crippen molar-refractivity contribution in [1.82, 2.24) is 0 Å². The first-order valence-corrected chi connectivity index (χ1v) is 8.33. The van der Waals surface area contributed by atoms with Crippen LogP contribution >= 0.6 is 0 Å². The van der Waals surface area contributed by atoms with Gasteiger partial charge in [-0.05, 0) is 54.6 Å². The molecule has 0 aliphatic heterocycles. The van der Waals surface area contributed by atoms with Gasteiger partial charge in [-0.1, -0.05) is 45.0 Å². The van der Waals surface area contributed by atoms with Gasteiger partial charge in [-0.2, -0.15) is 0 Å². The first-order valence-electron chi connectivity index (χ1n) is 8.33. The molecule has 0 amide bonds. The highest BCUT2D eigenvalue weighted by Gasteiger charge is 2.57. The number of hydrogen-bond acceptors (Lipinski definition) is 2. The van der Waals surface area contributed by atoms with Crippen LogP contribution < -0.4 is 5.73 Å². The van der Waals surface area contributed by atoms with Gasteiger partial charge in [-0.25, -0.2) is 0 Å². The van der Waals surface area contributed by atoms with Crippen LogP contribution in [0.15, 0.2) is 24.3 Å². The van der Waals surface area contributed by atoms with Crippen LogP contribution in [-0.4, -0.2) is 17.3 Å². The van der Waals surface area contributed by atoms with E-state index in [1.165, 1.54) is 17.5 Å². The Morgan fingerprint density at radius 3 is 2.62 bits per heavy atom. The molecule has 0 spiro atoms. The van der Waals surface area contributed by atoms with Gasteiger partial charge in [0.1, 0.15) is 0 Å².